The Morgan fingerprint density at radius 2 is 1.68 bits per heavy atom. The van der Waals surface area contributed by atoms with Gasteiger partial charge in [0.25, 0.3) is 5.91 Å². The maximum Gasteiger partial charge on any atom is 0.325 e. The van der Waals surface area contributed by atoms with Crippen LogP contribution in [0.1, 0.15) is 21.5 Å². The predicted octanol–water partition coefficient (Wildman–Crippen LogP) is 2.61. The number of halogens is 1. The van der Waals surface area contributed by atoms with E-state index in [9.17, 15) is 14.0 Å². The van der Waals surface area contributed by atoms with Gasteiger partial charge in [-0.25, -0.2) is 4.39 Å². The summed E-state index contributed by atoms with van der Waals surface area (Å²) in [4.78, 5) is 23.3. The smallest absolute Gasteiger partial charge is 0.325 e. The summed E-state index contributed by atoms with van der Waals surface area (Å²) >= 11 is 0. The number of rotatable bonds is 5. The van der Waals surface area contributed by atoms with Crippen molar-refractivity contribution in [3.63, 3.8) is 0 Å². The quantitative estimate of drug-likeness (QED) is 0.864. The van der Waals surface area contributed by atoms with Gasteiger partial charge < -0.3 is 10.1 Å². The van der Waals surface area contributed by atoms with Gasteiger partial charge in [-0.1, -0.05) is 29.8 Å². The lowest BCUT2D eigenvalue weighted by Gasteiger charge is -2.07. The summed E-state index contributed by atoms with van der Waals surface area (Å²) in [5.74, 6) is -1.41. The minimum absolute atomic E-state index is 0.158. The van der Waals surface area contributed by atoms with Crippen LogP contribution in [0.15, 0.2) is 48.5 Å². The number of ether oxygens (including phenoxy) is 1. The van der Waals surface area contributed by atoms with Gasteiger partial charge in [-0.15, -0.1) is 0 Å². The van der Waals surface area contributed by atoms with E-state index in [1.54, 1.807) is 0 Å². The van der Waals surface area contributed by atoms with E-state index in [-0.39, 0.29) is 18.7 Å². The topological polar surface area (TPSA) is 55.4 Å². The van der Waals surface area contributed by atoms with E-state index >= 15 is 0 Å². The second-order valence-electron chi connectivity index (χ2n) is 4.84. The first-order valence-corrected chi connectivity index (χ1v) is 6.79. The minimum Gasteiger partial charge on any atom is -0.460 e. The lowest BCUT2D eigenvalue weighted by atomic mass is 10.2. The van der Waals surface area contributed by atoms with Crippen molar-refractivity contribution >= 4 is 11.9 Å². The minimum atomic E-state index is -0.531. The molecular weight excluding hydrogens is 285 g/mol. The zero-order chi connectivity index (χ0) is 15.9. The van der Waals surface area contributed by atoms with Crippen LogP contribution in [0, 0.1) is 12.7 Å². The molecule has 0 radical (unpaired) electrons. The summed E-state index contributed by atoms with van der Waals surface area (Å²) in [6, 6.07) is 12.7. The number of carbonyl (C=O) groups is 2. The van der Waals surface area contributed by atoms with Gasteiger partial charge in [0.2, 0.25) is 0 Å². The van der Waals surface area contributed by atoms with Gasteiger partial charge in [-0.2, -0.15) is 0 Å². The fourth-order valence-corrected chi connectivity index (χ4v) is 1.75. The molecule has 0 aromatic heterocycles. The molecule has 0 fully saturated rings. The molecular formula is C17H16FNO3. The molecule has 0 heterocycles. The van der Waals surface area contributed by atoms with Crippen LogP contribution in [-0.4, -0.2) is 18.4 Å². The fourth-order valence-electron chi connectivity index (χ4n) is 1.75. The van der Waals surface area contributed by atoms with E-state index in [2.05, 4.69) is 5.32 Å². The van der Waals surface area contributed by atoms with E-state index in [0.717, 1.165) is 11.1 Å². The number of carbonyl (C=O) groups excluding carboxylic acids is 2. The van der Waals surface area contributed by atoms with Crippen molar-refractivity contribution in [2.45, 2.75) is 13.5 Å². The summed E-state index contributed by atoms with van der Waals surface area (Å²) in [7, 11) is 0. The molecule has 5 heteroatoms. The van der Waals surface area contributed by atoms with Gasteiger partial charge in [-0.05, 0) is 36.8 Å². The van der Waals surface area contributed by atoms with Crippen LogP contribution >= 0.6 is 0 Å². The van der Waals surface area contributed by atoms with Crippen LogP contribution in [0.4, 0.5) is 4.39 Å². The highest BCUT2D eigenvalue weighted by molar-refractivity contribution is 5.95. The van der Waals surface area contributed by atoms with E-state index in [1.165, 1.54) is 24.3 Å². The van der Waals surface area contributed by atoms with Crippen LogP contribution in [0.25, 0.3) is 0 Å². The molecule has 0 aliphatic rings. The van der Waals surface area contributed by atoms with E-state index in [1.807, 2.05) is 31.2 Å². The van der Waals surface area contributed by atoms with Gasteiger partial charge in [0.05, 0.1) is 0 Å². The first-order valence-electron chi connectivity index (χ1n) is 6.79. The Labute approximate surface area is 127 Å². The van der Waals surface area contributed by atoms with Crippen molar-refractivity contribution in [2.75, 3.05) is 6.54 Å². The van der Waals surface area contributed by atoms with E-state index < -0.39 is 17.7 Å². The zero-order valence-corrected chi connectivity index (χ0v) is 12.1. The molecule has 0 aliphatic heterocycles. The normalized spacial score (nSPS) is 10.1. The number of esters is 1. The van der Waals surface area contributed by atoms with Crippen LogP contribution in [-0.2, 0) is 16.1 Å². The Morgan fingerprint density at radius 3 is 2.32 bits per heavy atom. The molecule has 0 bridgehead atoms. The Hall–Kier alpha value is -2.69. The van der Waals surface area contributed by atoms with E-state index in [0.29, 0.717) is 0 Å². The number of nitrogens with one attached hydrogen (secondary N) is 1. The number of amides is 1. The number of benzene rings is 2. The molecule has 2 aromatic rings. The van der Waals surface area contributed by atoms with Crippen LogP contribution < -0.4 is 5.32 Å². The first kappa shape index (κ1) is 15.7. The van der Waals surface area contributed by atoms with Crippen LogP contribution in [0.3, 0.4) is 0 Å². The summed E-state index contributed by atoms with van der Waals surface area (Å²) in [6.07, 6.45) is 0. The Kier molecular flexibility index (Phi) is 5.25. The molecule has 1 N–H and O–H groups in total. The van der Waals surface area contributed by atoms with Crippen molar-refractivity contribution < 1.29 is 18.7 Å². The molecule has 0 unspecified atom stereocenters. The third kappa shape index (κ3) is 4.70. The SMILES string of the molecule is Cc1ccc(COC(=O)CNC(=O)c2ccc(F)cc2)cc1. The highest BCUT2D eigenvalue weighted by Gasteiger charge is 2.09. The molecule has 22 heavy (non-hydrogen) atoms. The molecule has 1 amide bonds. The highest BCUT2D eigenvalue weighted by atomic mass is 19.1. The largest absolute Gasteiger partial charge is 0.460 e. The van der Waals surface area contributed by atoms with Crippen molar-refractivity contribution in [2.24, 2.45) is 0 Å². The number of aryl methyl sites for hydroxylation is 1. The molecule has 0 saturated carbocycles. The Bertz CT molecular complexity index is 651. The van der Waals surface area contributed by atoms with Gasteiger partial charge >= 0.3 is 5.97 Å². The van der Waals surface area contributed by atoms with Crippen LogP contribution in [0.5, 0.6) is 0 Å². The summed E-state index contributed by atoms with van der Waals surface area (Å²) in [5.41, 5.74) is 2.29. The average molecular weight is 301 g/mol. The third-order valence-corrected chi connectivity index (χ3v) is 3.02. The van der Waals surface area contributed by atoms with Gasteiger partial charge in [0.1, 0.15) is 19.0 Å². The fraction of sp³-hybridized carbons (Fsp3) is 0.176. The summed E-state index contributed by atoms with van der Waals surface area (Å²) in [5, 5.41) is 2.43. The maximum atomic E-state index is 12.7. The van der Waals surface area contributed by atoms with Crippen molar-refractivity contribution in [3.8, 4) is 0 Å². The standard InChI is InChI=1S/C17H16FNO3/c1-12-2-4-13(5-3-12)11-22-16(20)10-19-17(21)14-6-8-15(18)9-7-14/h2-9H,10-11H2,1H3,(H,19,21). The van der Waals surface area contributed by atoms with Gasteiger partial charge in [-0.3, -0.25) is 9.59 Å². The molecule has 114 valence electrons. The third-order valence-electron chi connectivity index (χ3n) is 3.02. The molecule has 2 rings (SSSR count). The zero-order valence-electron chi connectivity index (χ0n) is 12.1. The number of hydrogen-bond donors (Lipinski definition) is 1. The first-order chi connectivity index (χ1) is 10.5. The predicted molar refractivity (Wildman–Crippen MR) is 79.7 cm³/mol. The lowest BCUT2D eigenvalue weighted by Crippen LogP contribution is -2.30. The summed E-state index contributed by atoms with van der Waals surface area (Å²) in [6.45, 7) is 1.90. The highest BCUT2D eigenvalue weighted by Crippen LogP contribution is 2.05. The Morgan fingerprint density at radius 1 is 1.05 bits per heavy atom. The van der Waals surface area contributed by atoms with Gasteiger partial charge in [0.15, 0.2) is 0 Å². The maximum absolute atomic E-state index is 12.7. The second kappa shape index (κ2) is 7.36. The average Bonchev–Trinajstić information content (AvgIpc) is 2.52. The van der Waals surface area contributed by atoms with Gasteiger partial charge in [0, 0.05) is 5.56 Å². The molecule has 0 aliphatic carbocycles. The molecule has 0 atom stereocenters. The van der Waals surface area contributed by atoms with Crippen molar-refractivity contribution in [1.82, 2.24) is 5.32 Å². The molecule has 2 aromatic carbocycles. The van der Waals surface area contributed by atoms with Crippen LogP contribution in [0.2, 0.25) is 0 Å². The lowest BCUT2D eigenvalue weighted by molar-refractivity contribution is -0.143. The molecule has 0 spiro atoms. The number of hydrogen-bond acceptors (Lipinski definition) is 3. The monoisotopic (exact) mass is 301 g/mol. The van der Waals surface area contributed by atoms with E-state index in [4.69, 9.17) is 4.74 Å². The second-order valence-corrected chi connectivity index (χ2v) is 4.84. The van der Waals surface area contributed by atoms with Crippen molar-refractivity contribution in [3.05, 3.63) is 71.0 Å². The molecule has 0 saturated heterocycles. The summed E-state index contributed by atoms with van der Waals surface area (Å²) < 4.78 is 17.8. The molecule has 4 nitrogen and oxygen atoms in total. The Balaban J connectivity index is 1.76. The van der Waals surface area contributed by atoms with Crippen molar-refractivity contribution in [1.29, 1.82) is 0 Å².